The highest BCUT2D eigenvalue weighted by Gasteiger charge is 2.33. The molecule has 0 radical (unpaired) electrons. The van der Waals surface area contributed by atoms with Gasteiger partial charge in [0.1, 0.15) is 29.8 Å². The fourth-order valence-electron chi connectivity index (χ4n) is 12.1. The number of Topliss-reactive ketones (excluding diaryl/α,β-unsaturated/α-hetero) is 4. The van der Waals surface area contributed by atoms with E-state index in [1.165, 1.54) is 0 Å². The van der Waals surface area contributed by atoms with Crippen LogP contribution in [0.25, 0.3) is 0 Å². The minimum absolute atomic E-state index is 0.00857. The van der Waals surface area contributed by atoms with Gasteiger partial charge in [-0.1, -0.05) is 25.7 Å². The molecule has 0 aliphatic rings. The van der Waals surface area contributed by atoms with Crippen molar-refractivity contribution >= 4 is 59.4 Å². The third kappa shape index (κ3) is 92.5. The summed E-state index contributed by atoms with van der Waals surface area (Å²) >= 11 is 0. The van der Waals surface area contributed by atoms with Crippen molar-refractivity contribution in [3.05, 3.63) is 34.4 Å². The van der Waals surface area contributed by atoms with Crippen LogP contribution >= 0.6 is 0 Å². The Kier molecular flexibility index (Phi) is 101. The largest absolute Gasteiger partial charge is 0.481 e. The first kappa shape index (κ1) is 138. The summed E-state index contributed by atoms with van der Waals surface area (Å²) in [5.74, 6) is -9.00. The summed E-state index contributed by atoms with van der Waals surface area (Å²) in [5, 5.41) is 27.5. The van der Waals surface area contributed by atoms with E-state index >= 15 is 0 Å². The molecule has 0 bridgehead atoms. The maximum Gasteiger partial charge on any atom is 0.326 e. The van der Waals surface area contributed by atoms with Crippen LogP contribution in [-0.2, 0) is 176 Å². The Balaban J connectivity index is 1.79. The Morgan fingerprint density at radius 3 is 0.830 bits per heavy atom. The lowest BCUT2D eigenvalue weighted by molar-refractivity contribution is -0.141. The van der Waals surface area contributed by atoms with Crippen LogP contribution < -0.4 is 27.2 Å². The minimum Gasteiger partial charge on any atom is -0.481 e. The fraction of sp³-hybridized carbons (Fsp3) is 0.833. The van der Waals surface area contributed by atoms with Crippen LogP contribution in [0.5, 0.6) is 0 Å². The zero-order valence-corrected chi connectivity index (χ0v) is 85.7. The summed E-state index contributed by atoms with van der Waals surface area (Å²) in [5.41, 5.74) is -3.01. The summed E-state index contributed by atoms with van der Waals surface area (Å²) < 4.78 is 218. The topological polar surface area (TPSA) is 562 Å². The van der Waals surface area contributed by atoms with Gasteiger partial charge in [-0.25, -0.2) is 33.0 Å². The average molecular weight is 2140 g/mol. The lowest BCUT2D eigenvalue weighted by Gasteiger charge is -2.19. The number of hydrogen-bond donors (Lipinski definition) is 7. The molecule has 0 saturated heterocycles. The molecular formula is C96H167F4N5O42. The second kappa shape index (κ2) is 107. The zero-order valence-electron chi connectivity index (χ0n) is 85.7. The summed E-state index contributed by atoms with van der Waals surface area (Å²) in [4.78, 5) is 123. The van der Waals surface area contributed by atoms with E-state index in [1.54, 1.807) is 0 Å². The SMILES string of the molecule is NOCC(=O)CCCOCCOCCOCCOCCOCCOCCOCCOCCOCCOCCOCCOCCOCCOCCOCCOCCOCCOCCOCCOCCOCCOCCOCCOCCC(=O)CCCOCCOCCNC(=O)c1c(F)c(F)c(C(=O)CCCOCCOCCNC(=O)CCCCCCCCC(=O)CC[C@H](NC(=O)N[C@@H](CCC(=O)O)OC=O)C(=O)O)c(F)c1F. The molecule has 1 aromatic carbocycles. The van der Waals surface area contributed by atoms with E-state index in [2.05, 4.69) is 30.8 Å². The first-order chi connectivity index (χ1) is 71.9. The summed E-state index contributed by atoms with van der Waals surface area (Å²) in [6.07, 6.45) is 3.89. The monoisotopic (exact) mass is 2140 g/mol. The smallest absolute Gasteiger partial charge is 0.326 e. The maximum atomic E-state index is 15.0. The Hall–Kier alpha value is -6.96. The number of ketones is 4. The number of urea groups is 1. The normalized spacial score (nSPS) is 11.9. The first-order valence-corrected chi connectivity index (χ1v) is 50.5. The maximum absolute atomic E-state index is 15.0. The average Bonchev–Trinajstić information content (AvgIpc) is 0.772. The Labute approximate surface area is 859 Å². The second-order valence-electron chi connectivity index (χ2n) is 31.5. The highest BCUT2D eigenvalue weighted by atomic mass is 19.2. The van der Waals surface area contributed by atoms with Gasteiger partial charge in [0.05, 0.1) is 362 Å². The van der Waals surface area contributed by atoms with Gasteiger partial charge >= 0.3 is 18.0 Å². The number of hydrogen-bond acceptors (Lipinski definition) is 41. The Morgan fingerprint density at radius 1 is 0.265 bits per heavy atom. The second-order valence-corrected chi connectivity index (χ2v) is 31.5. The molecule has 51 heteroatoms. The lowest BCUT2D eigenvalue weighted by atomic mass is 10.0. The fourth-order valence-corrected chi connectivity index (χ4v) is 12.1. The molecule has 0 fully saturated rings. The summed E-state index contributed by atoms with van der Waals surface area (Å²) in [6, 6.07) is -2.43. The van der Waals surface area contributed by atoms with Crippen LogP contribution in [0, 0.1) is 23.3 Å². The highest BCUT2D eigenvalue weighted by molar-refractivity contribution is 6.00. The molecule has 0 spiro atoms. The number of carboxylic acid groups (broad SMARTS) is 2. The van der Waals surface area contributed by atoms with E-state index in [0.717, 1.165) is 25.7 Å². The van der Waals surface area contributed by atoms with Gasteiger partial charge in [-0.2, -0.15) is 0 Å². The number of unbranched alkanes of at least 4 members (excludes halogenated alkanes) is 5. The summed E-state index contributed by atoms with van der Waals surface area (Å²) in [6.45, 7) is 21.4. The number of carbonyl (C=O) groups is 10. The van der Waals surface area contributed by atoms with Crippen LogP contribution in [0.2, 0.25) is 0 Å². The van der Waals surface area contributed by atoms with Crippen molar-refractivity contribution in [2.45, 2.75) is 134 Å². The summed E-state index contributed by atoms with van der Waals surface area (Å²) in [7, 11) is 0. The van der Waals surface area contributed by atoms with Crippen LogP contribution in [0.1, 0.15) is 143 Å². The number of carbonyl (C=O) groups excluding carboxylic acids is 8. The number of amides is 4. The number of nitrogens with one attached hydrogen (secondary N) is 4. The minimum atomic E-state index is -2.04. The Bertz CT molecular complexity index is 3310. The molecule has 0 unspecified atom stereocenters. The van der Waals surface area contributed by atoms with Gasteiger partial charge in [-0.15, -0.1) is 0 Å². The van der Waals surface area contributed by atoms with E-state index in [4.69, 9.17) is 144 Å². The molecule has 8 N–H and O–H groups in total. The van der Waals surface area contributed by atoms with Crippen molar-refractivity contribution in [2.24, 2.45) is 5.90 Å². The number of nitrogens with two attached hydrogens (primary N) is 1. The molecule has 0 saturated carbocycles. The zero-order chi connectivity index (χ0) is 107. The van der Waals surface area contributed by atoms with Crippen molar-refractivity contribution in [1.29, 1.82) is 0 Å². The third-order valence-electron chi connectivity index (χ3n) is 19.7. The molecule has 0 aromatic heterocycles. The lowest BCUT2D eigenvalue weighted by Crippen LogP contribution is -2.49. The number of halogens is 4. The van der Waals surface area contributed by atoms with Crippen LogP contribution in [0.3, 0.4) is 0 Å². The number of rotatable bonds is 120. The molecule has 856 valence electrons. The molecule has 0 aliphatic carbocycles. The molecule has 1 aromatic rings. The number of carboxylic acids is 2. The van der Waals surface area contributed by atoms with Crippen molar-refractivity contribution in [2.75, 3.05) is 390 Å². The van der Waals surface area contributed by atoms with E-state index in [-0.39, 0.29) is 160 Å². The molecule has 0 aliphatic heterocycles. The predicted octanol–water partition coefficient (Wildman–Crippen LogP) is 4.08. The van der Waals surface area contributed by atoms with E-state index in [1.807, 2.05) is 0 Å². The molecule has 147 heavy (non-hydrogen) atoms. The highest BCUT2D eigenvalue weighted by Crippen LogP contribution is 2.26. The van der Waals surface area contributed by atoms with Crippen LogP contribution in [0.15, 0.2) is 0 Å². The first-order valence-electron chi connectivity index (χ1n) is 50.5. The molecule has 1 rings (SSSR count). The quantitative estimate of drug-likeness (QED) is 0.00918. The molecular weight excluding hydrogens is 1970 g/mol. The van der Waals surface area contributed by atoms with Crippen LogP contribution in [-0.4, -0.2) is 472 Å². The van der Waals surface area contributed by atoms with E-state index < -0.39 is 89.2 Å². The van der Waals surface area contributed by atoms with E-state index in [0.29, 0.717) is 343 Å². The van der Waals surface area contributed by atoms with Crippen molar-refractivity contribution in [3.8, 4) is 0 Å². The van der Waals surface area contributed by atoms with Crippen molar-refractivity contribution in [3.63, 3.8) is 0 Å². The number of aliphatic carboxylic acids is 2. The van der Waals surface area contributed by atoms with E-state index in [9.17, 15) is 70.6 Å². The van der Waals surface area contributed by atoms with Gasteiger partial charge in [0, 0.05) is 84.3 Å². The molecule has 2 atom stereocenters. The number of benzene rings is 1. The van der Waals surface area contributed by atoms with Gasteiger partial charge < -0.3 is 169 Å². The van der Waals surface area contributed by atoms with Crippen molar-refractivity contribution < 1.29 is 218 Å². The predicted molar refractivity (Wildman–Crippen MR) is 513 cm³/mol. The van der Waals surface area contributed by atoms with Crippen molar-refractivity contribution in [1.82, 2.24) is 21.3 Å². The number of ether oxygens (including phenoxy) is 29. The molecule has 0 heterocycles. The van der Waals surface area contributed by atoms with Gasteiger partial charge in [-0.3, -0.25) is 43.2 Å². The van der Waals surface area contributed by atoms with Gasteiger partial charge in [0.25, 0.3) is 12.4 Å². The third-order valence-corrected chi connectivity index (χ3v) is 19.7. The van der Waals surface area contributed by atoms with Gasteiger partial charge in [0.2, 0.25) is 5.91 Å². The van der Waals surface area contributed by atoms with Gasteiger partial charge in [-0.05, 0) is 38.5 Å². The standard InChI is InChI=1S/C96H167F4N5O42/c97-90-88(84(110)13-9-24-120-29-32-122-26-20-102-85(111)14-6-4-2-1-3-5-10-80(107)15-16-83(95(115)116)104-96(117)105-86(146-79-106)17-18-87(112)113)91(98)93(100)89(92(90)99)94(114)103-21-27-123-33-28-118-22-7-11-81(108)19-25-121-31-35-125-37-39-127-41-43-129-45-47-131-49-51-133-53-55-135-57-59-137-61-63-139-65-67-141-69-71-143-73-75-145-77-76-144-74-72-142-70-68-140-66-64-138-62-60-136-58-56-134-54-52-132-50-48-130-46-44-128-42-40-126-38-36-124-34-30-119-23-8-12-82(109)78-147-101/h79,83,86H,1-78,101H2,(H,102,111)(H,103,114)(H,112,113)(H,115,116)(H2,104,105,117)/t83-,86+/m0/s1. The molecule has 4 amide bonds. The Morgan fingerprint density at radius 2 is 0.524 bits per heavy atom. The van der Waals surface area contributed by atoms with Gasteiger partial charge in [0.15, 0.2) is 41.1 Å². The molecule has 47 nitrogen and oxygen atoms in total. The van der Waals surface area contributed by atoms with Crippen LogP contribution in [0.4, 0.5) is 22.4 Å².